The van der Waals surface area contributed by atoms with E-state index in [-0.39, 0.29) is 17.1 Å². The smallest absolute Gasteiger partial charge is 0.256 e. The van der Waals surface area contributed by atoms with Gasteiger partial charge in [0, 0.05) is 16.8 Å². The molecule has 3 aromatic rings. The summed E-state index contributed by atoms with van der Waals surface area (Å²) in [5.41, 5.74) is 3.11. The Kier molecular flexibility index (Phi) is 5.73. The third-order valence-electron chi connectivity index (χ3n) is 4.46. The molecule has 0 atom stereocenters. The third kappa shape index (κ3) is 5.25. The molecule has 0 aliphatic carbocycles. The molecule has 1 aromatic heterocycles. The van der Waals surface area contributed by atoms with Crippen molar-refractivity contribution in [3.63, 3.8) is 0 Å². The summed E-state index contributed by atoms with van der Waals surface area (Å²) >= 11 is 0. The molecular weight excluding hydrogens is 364 g/mol. The van der Waals surface area contributed by atoms with Crippen LogP contribution < -0.4 is 10.6 Å². The molecule has 0 bridgehead atoms. The Morgan fingerprint density at radius 1 is 0.828 bits per heavy atom. The first-order chi connectivity index (χ1) is 13.7. The highest BCUT2D eigenvalue weighted by molar-refractivity contribution is 6.03. The third-order valence-corrected chi connectivity index (χ3v) is 4.46. The van der Waals surface area contributed by atoms with Crippen LogP contribution in [-0.4, -0.2) is 21.9 Å². The number of benzene rings is 2. The summed E-state index contributed by atoms with van der Waals surface area (Å²) in [5, 5.41) is 14.0. The molecule has 148 valence electrons. The number of hydrogen-bond acceptors (Lipinski definition) is 5. The zero-order valence-corrected chi connectivity index (χ0v) is 17.0. The first-order valence-electron chi connectivity index (χ1n) is 9.36. The van der Waals surface area contributed by atoms with Crippen LogP contribution in [0, 0.1) is 0 Å². The molecule has 0 unspecified atom stereocenters. The Morgan fingerprint density at radius 3 is 2.07 bits per heavy atom. The minimum atomic E-state index is -0.241. The molecule has 1 heterocycles. The average molecular weight is 388 g/mol. The van der Waals surface area contributed by atoms with Crippen LogP contribution in [0.25, 0.3) is 0 Å². The van der Waals surface area contributed by atoms with Gasteiger partial charge in [-0.1, -0.05) is 45.0 Å². The highest BCUT2D eigenvalue weighted by Crippen LogP contribution is 2.22. The normalized spacial score (nSPS) is 11.0. The van der Waals surface area contributed by atoms with Crippen LogP contribution in [0.5, 0.6) is 0 Å². The van der Waals surface area contributed by atoms with E-state index >= 15 is 0 Å². The standard InChI is InChI=1S/C23H24N4O2/c1-15(28)17-6-5-7-19(14-17)24-20-12-13-21(27-26-20)25-22(29)16-8-10-18(11-9-16)23(2,3)4/h5-14H,1-4H3,(H,24,26)(H,25,27,29). The second-order valence-electron chi connectivity index (χ2n) is 7.85. The number of rotatable bonds is 5. The van der Waals surface area contributed by atoms with Crippen LogP contribution in [0.2, 0.25) is 0 Å². The van der Waals surface area contributed by atoms with E-state index in [0.717, 1.165) is 11.3 Å². The molecule has 0 spiro atoms. The van der Waals surface area contributed by atoms with Crippen molar-refractivity contribution >= 4 is 29.0 Å². The van der Waals surface area contributed by atoms with Gasteiger partial charge in [0.1, 0.15) is 0 Å². The summed E-state index contributed by atoms with van der Waals surface area (Å²) in [6.07, 6.45) is 0. The number of nitrogens with zero attached hydrogens (tertiary/aromatic N) is 2. The Balaban J connectivity index is 1.65. The van der Waals surface area contributed by atoms with Crippen LogP contribution in [0.1, 0.15) is 54.0 Å². The molecule has 0 aliphatic rings. The number of aromatic nitrogens is 2. The van der Waals surface area contributed by atoms with Crippen molar-refractivity contribution in [3.05, 3.63) is 77.4 Å². The van der Waals surface area contributed by atoms with Gasteiger partial charge >= 0.3 is 0 Å². The quantitative estimate of drug-likeness (QED) is 0.603. The maximum atomic E-state index is 12.4. The van der Waals surface area contributed by atoms with Crippen LogP contribution in [0.3, 0.4) is 0 Å². The fraction of sp³-hybridized carbons (Fsp3) is 0.217. The predicted octanol–water partition coefficient (Wildman–Crippen LogP) is 4.97. The maximum absolute atomic E-state index is 12.4. The second-order valence-corrected chi connectivity index (χ2v) is 7.85. The van der Waals surface area contributed by atoms with Gasteiger partial charge in [0.2, 0.25) is 0 Å². The van der Waals surface area contributed by atoms with Crippen molar-refractivity contribution in [1.82, 2.24) is 10.2 Å². The SMILES string of the molecule is CC(=O)c1cccc(Nc2ccc(NC(=O)c3ccc(C(C)(C)C)cc3)nn2)c1. The fourth-order valence-corrected chi connectivity index (χ4v) is 2.74. The van der Waals surface area contributed by atoms with Crippen LogP contribution in [-0.2, 0) is 5.41 Å². The molecule has 0 radical (unpaired) electrons. The number of anilines is 3. The van der Waals surface area contributed by atoms with Gasteiger partial charge in [-0.15, -0.1) is 10.2 Å². The van der Waals surface area contributed by atoms with Crippen molar-refractivity contribution in [1.29, 1.82) is 0 Å². The Hall–Kier alpha value is -3.54. The minimum absolute atomic E-state index is 0.00618. The molecule has 29 heavy (non-hydrogen) atoms. The number of amides is 1. The van der Waals surface area contributed by atoms with E-state index in [0.29, 0.717) is 22.8 Å². The summed E-state index contributed by atoms with van der Waals surface area (Å²) in [6, 6.07) is 18.1. The molecule has 3 rings (SSSR count). The van der Waals surface area contributed by atoms with Gasteiger partial charge in [-0.3, -0.25) is 9.59 Å². The van der Waals surface area contributed by atoms with Gasteiger partial charge in [-0.05, 0) is 54.3 Å². The molecule has 0 saturated carbocycles. The number of carbonyl (C=O) groups excluding carboxylic acids is 2. The average Bonchev–Trinajstić information content (AvgIpc) is 2.69. The zero-order chi connectivity index (χ0) is 21.0. The van der Waals surface area contributed by atoms with Crippen molar-refractivity contribution in [2.24, 2.45) is 0 Å². The van der Waals surface area contributed by atoms with E-state index in [9.17, 15) is 9.59 Å². The Labute approximate surface area is 170 Å². The summed E-state index contributed by atoms with van der Waals surface area (Å²) in [7, 11) is 0. The summed E-state index contributed by atoms with van der Waals surface area (Å²) in [6.45, 7) is 7.91. The van der Waals surface area contributed by atoms with E-state index in [1.807, 2.05) is 18.2 Å². The molecule has 0 fully saturated rings. The number of Topliss-reactive ketones (excluding diaryl/α,β-unsaturated/α-hetero) is 1. The van der Waals surface area contributed by atoms with E-state index in [1.165, 1.54) is 6.92 Å². The molecule has 0 saturated heterocycles. The molecular formula is C23H24N4O2. The summed E-state index contributed by atoms with van der Waals surface area (Å²) in [4.78, 5) is 23.9. The number of ketones is 1. The lowest BCUT2D eigenvalue weighted by molar-refractivity contribution is 0.101. The van der Waals surface area contributed by atoms with Gasteiger partial charge in [0.05, 0.1) is 0 Å². The zero-order valence-electron chi connectivity index (χ0n) is 17.0. The van der Waals surface area contributed by atoms with Crippen molar-refractivity contribution < 1.29 is 9.59 Å². The number of nitrogens with one attached hydrogen (secondary N) is 2. The van der Waals surface area contributed by atoms with Gasteiger partial charge in [0.25, 0.3) is 5.91 Å². The van der Waals surface area contributed by atoms with Crippen LogP contribution in [0.4, 0.5) is 17.3 Å². The number of hydrogen-bond donors (Lipinski definition) is 2. The first-order valence-corrected chi connectivity index (χ1v) is 9.36. The lowest BCUT2D eigenvalue weighted by Crippen LogP contribution is -2.15. The molecule has 6 nitrogen and oxygen atoms in total. The Morgan fingerprint density at radius 2 is 1.48 bits per heavy atom. The summed E-state index contributed by atoms with van der Waals surface area (Å²) < 4.78 is 0. The van der Waals surface area contributed by atoms with Gasteiger partial charge < -0.3 is 10.6 Å². The summed E-state index contributed by atoms with van der Waals surface area (Å²) in [5.74, 6) is 0.624. The maximum Gasteiger partial charge on any atom is 0.256 e. The topological polar surface area (TPSA) is 84.0 Å². The van der Waals surface area contributed by atoms with Crippen LogP contribution in [0.15, 0.2) is 60.7 Å². The van der Waals surface area contributed by atoms with Gasteiger partial charge in [-0.25, -0.2) is 0 Å². The van der Waals surface area contributed by atoms with Crippen molar-refractivity contribution in [3.8, 4) is 0 Å². The first kappa shape index (κ1) is 20.2. The number of carbonyl (C=O) groups is 2. The van der Waals surface area contributed by atoms with Crippen molar-refractivity contribution in [2.75, 3.05) is 10.6 Å². The lowest BCUT2D eigenvalue weighted by Gasteiger charge is -2.19. The molecule has 0 aliphatic heterocycles. The molecule has 6 heteroatoms. The molecule has 2 N–H and O–H groups in total. The van der Waals surface area contributed by atoms with E-state index in [1.54, 1.807) is 42.5 Å². The molecule has 2 aromatic carbocycles. The van der Waals surface area contributed by atoms with Crippen molar-refractivity contribution in [2.45, 2.75) is 33.1 Å². The van der Waals surface area contributed by atoms with E-state index in [4.69, 9.17) is 0 Å². The van der Waals surface area contributed by atoms with E-state index in [2.05, 4.69) is 41.6 Å². The fourth-order valence-electron chi connectivity index (χ4n) is 2.74. The Bertz CT molecular complexity index is 1020. The molecule has 1 amide bonds. The van der Waals surface area contributed by atoms with Crippen LogP contribution >= 0.6 is 0 Å². The second kappa shape index (κ2) is 8.22. The van der Waals surface area contributed by atoms with Gasteiger partial charge in [-0.2, -0.15) is 0 Å². The highest BCUT2D eigenvalue weighted by Gasteiger charge is 2.14. The largest absolute Gasteiger partial charge is 0.339 e. The predicted molar refractivity (Wildman–Crippen MR) is 115 cm³/mol. The van der Waals surface area contributed by atoms with Gasteiger partial charge in [0.15, 0.2) is 17.4 Å². The highest BCUT2D eigenvalue weighted by atomic mass is 16.1. The lowest BCUT2D eigenvalue weighted by atomic mass is 9.87. The van der Waals surface area contributed by atoms with E-state index < -0.39 is 0 Å². The minimum Gasteiger partial charge on any atom is -0.339 e. The monoisotopic (exact) mass is 388 g/mol.